The van der Waals surface area contributed by atoms with Crippen LogP contribution >= 0.6 is 11.6 Å². The van der Waals surface area contributed by atoms with Gasteiger partial charge < -0.3 is 5.32 Å². The molecule has 0 amide bonds. The topological polar surface area (TPSA) is 39.1 Å². The highest BCUT2D eigenvalue weighted by Gasteiger charge is 2.23. The molecule has 1 aliphatic rings. The molecular formula is C13H16ClN3. The third-order valence-electron chi connectivity index (χ3n) is 3.14. The highest BCUT2D eigenvalue weighted by atomic mass is 35.5. The van der Waals surface area contributed by atoms with Crippen molar-refractivity contribution in [3.05, 3.63) is 34.9 Å². The molecule has 0 aliphatic carbocycles. The van der Waals surface area contributed by atoms with E-state index in [1.54, 1.807) is 0 Å². The van der Waals surface area contributed by atoms with Gasteiger partial charge in [0.2, 0.25) is 0 Å². The maximum Gasteiger partial charge on any atom is 0.0641 e. The van der Waals surface area contributed by atoms with Gasteiger partial charge in [0.25, 0.3) is 0 Å². The summed E-state index contributed by atoms with van der Waals surface area (Å²) < 4.78 is 0. The second-order valence-electron chi connectivity index (χ2n) is 4.19. The number of nitrogens with zero attached hydrogens (tertiary/aromatic N) is 2. The normalized spacial score (nSPS) is 18.6. The Labute approximate surface area is 107 Å². The van der Waals surface area contributed by atoms with Crippen LogP contribution in [0.5, 0.6) is 0 Å². The van der Waals surface area contributed by atoms with Crippen molar-refractivity contribution >= 4 is 11.6 Å². The number of piperazine rings is 1. The highest BCUT2D eigenvalue weighted by Crippen LogP contribution is 2.29. The van der Waals surface area contributed by atoms with Gasteiger partial charge in [0.1, 0.15) is 0 Å². The third-order valence-corrected chi connectivity index (χ3v) is 3.49. The summed E-state index contributed by atoms with van der Waals surface area (Å²) >= 11 is 6.22. The molecule has 0 radical (unpaired) electrons. The Morgan fingerprint density at radius 2 is 2.06 bits per heavy atom. The smallest absolute Gasteiger partial charge is 0.0641 e. The Morgan fingerprint density at radius 1 is 1.35 bits per heavy atom. The van der Waals surface area contributed by atoms with E-state index in [0.29, 0.717) is 6.42 Å². The molecule has 1 saturated heterocycles. The maximum atomic E-state index is 8.98. The summed E-state index contributed by atoms with van der Waals surface area (Å²) in [6.45, 7) is 3.90. The van der Waals surface area contributed by atoms with Crippen LogP contribution in [-0.4, -0.2) is 31.1 Å². The van der Waals surface area contributed by atoms with Crippen molar-refractivity contribution in [3.8, 4) is 6.07 Å². The van der Waals surface area contributed by atoms with Crippen LogP contribution in [0.15, 0.2) is 24.3 Å². The Kier molecular flexibility index (Phi) is 4.38. The number of benzene rings is 1. The first-order chi connectivity index (χ1) is 8.33. The molecule has 90 valence electrons. The average molecular weight is 250 g/mol. The minimum atomic E-state index is 0.121. The Bertz CT molecular complexity index is 407. The van der Waals surface area contributed by atoms with E-state index in [9.17, 15) is 0 Å². The molecule has 0 bridgehead atoms. The van der Waals surface area contributed by atoms with E-state index in [0.717, 1.165) is 36.8 Å². The maximum absolute atomic E-state index is 8.98. The van der Waals surface area contributed by atoms with Crippen molar-refractivity contribution in [3.63, 3.8) is 0 Å². The molecule has 1 N–H and O–H groups in total. The van der Waals surface area contributed by atoms with E-state index < -0.39 is 0 Å². The Balaban J connectivity index is 2.22. The number of nitriles is 1. The third kappa shape index (κ3) is 2.98. The zero-order valence-corrected chi connectivity index (χ0v) is 10.5. The van der Waals surface area contributed by atoms with Gasteiger partial charge in [-0.1, -0.05) is 29.8 Å². The zero-order valence-electron chi connectivity index (χ0n) is 9.69. The van der Waals surface area contributed by atoms with Crippen LogP contribution in [0.2, 0.25) is 5.02 Å². The number of halogens is 1. The lowest BCUT2D eigenvalue weighted by Crippen LogP contribution is -2.45. The van der Waals surface area contributed by atoms with Crippen molar-refractivity contribution in [2.75, 3.05) is 26.2 Å². The van der Waals surface area contributed by atoms with Crippen LogP contribution in [-0.2, 0) is 0 Å². The molecule has 0 saturated carbocycles. The van der Waals surface area contributed by atoms with Crippen molar-refractivity contribution in [1.82, 2.24) is 10.2 Å². The van der Waals surface area contributed by atoms with Crippen LogP contribution in [0.3, 0.4) is 0 Å². The van der Waals surface area contributed by atoms with E-state index in [4.69, 9.17) is 16.9 Å². The summed E-state index contributed by atoms with van der Waals surface area (Å²) in [4.78, 5) is 2.33. The quantitative estimate of drug-likeness (QED) is 0.893. The van der Waals surface area contributed by atoms with E-state index in [1.165, 1.54) is 0 Å². The SMILES string of the molecule is N#CC[C@@H](c1ccccc1Cl)N1CCNCC1. The number of hydrogen-bond donors (Lipinski definition) is 1. The molecule has 0 aromatic heterocycles. The molecule has 4 heteroatoms. The van der Waals surface area contributed by atoms with Crippen molar-refractivity contribution in [1.29, 1.82) is 5.26 Å². The molecule has 1 atom stereocenters. The Hall–Kier alpha value is -1.08. The van der Waals surface area contributed by atoms with Gasteiger partial charge in [0.05, 0.1) is 12.5 Å². The molecule has 2 rings (SSSR count). The molecule has 1 aromatic rings. The van der Waals surface area contributed by atoms with Gasteiger partial charge in [-0.2, -0.15) is 5.26 Å². The van der Waals surface area contributed by atoms with E-state index >= 15 is 0 Å². The summed E-state index contributed by atoms with van der Waals surface area (Å²) in [7, 11) is 0. The number of rotatable bonds is 3. The van der Waals surface area contributed by atoms with Crippen LogP contribution in [0.25, 0.3) is 0 Å². The minimum absolute atomic E-state index is 0.121. The highest BCUT2D eigenvalue weighted by molar-refractivity contribution is 6.31. The van der Waals surface area contributed by atoms with Gasteiger partial charge in [-0.25, -0.2) is 0 Å². The Morgan fingerprint density at radius 3 is 2.71 bits per heavy atom. The van der Waals surface area contributed by atoms with Crippen LogP contribution in [0.1, 0.15) is 18.0 Å². The van der Waals surface area contributed by atoms with E-state index in [1.807, 2.05) is 24.3 Å². The summed E-state index contributed by atoms with van der Waals surface area (Å²) in [5.74, 6) is 0. The molecule has 1 aliphatic heterocycles. The first kappa shape index (κ1) is 12.4. The van der Waals surface area contributed by atoms with Gasteiger partial charge in [0.15, 0.2) is 0 Å². The fraction of sp³-hybridized carbons (Fsp3) is 0.462. The lowest BCUT2D eigenvalue weighted by Gasteiger charge is -2.34. The second kappa shape index (κ2) is 6.02. The second-order valence-corrected chi connectivity index (χ2v) is 4.59. The van der Waals surface area contributed by atoms with Gasteiger partial charge in [-0.3, -0.25) is 4.90 Å². The monoisotopic (exact) mass is 249 g/mol. The number of nitrogens with one attached hydrogen (secondary N) is 1. The van der Waals surface area contributed by atoms with Crippen molar-refractivity contribution in [2.24, 2.45) is 0 Å². The van der Waals surface area contributed by atoms with Gasteiger partial charge >= 0.3 is 0 Å². The first-order valence-electron chi connectivity index (χ1n) is 5.89. The summed E-state index contributed by atoms with van der Waals surface area (Å²) in [6, 6.07) is 10.2. The molecule has 1 fully saturated rings. The van der Waals surface area contributed by atoms with E-state index in [2.05, 4.69) is 16.3 Å². The van der Waals surface area contributed by atoms with Crippen molar-refractivity contribution < 1.29 is 0 Å². The summed E-state index contributed by atoms with van der Waals surface area (Å²) in [5.41, 5.74) is 1.07. The number of hydrogen-bond acceptors (Lipinski definition) is 3. The molecular weight excluding hydrogens is 234 g/mol. The molecule has 1 heterocycles. The van der Waals surface area contributed by atoms with Gasteiger partial charge in [-0.15, -0.1) is 0 Å². The lowest BCUT2D eigenvalue weighted by atomic mass is 10.0. The molecule has 17 heavy (non-hydrogen) atoms. The lowest BCUT2D eigenvalue weighted by molar-refractivity contribution is 0.175. The largest absolute Gasteiger partial charge is 0.314 e. The fourth-order valence-electron chi connectivity index (χ4n) is 2.26. The molecule has 3 nitrogen and oxygen atoms in total. The zero-order chi connectivity index (χ0) is 12.1. The molecule has 0 spiro atoms. The van der Waals surface area contributed by atoms with Gasteiger partial charge in [-0.05, 0) is 11.6 Å². The summed E-state index contributed by atoms with van der Waals surface area (Å²) in [5, 5.41) is 13.1. The fourth-order valence-corrected chi connectivity index (χ4v) is 2.52. The predicted molar refractivity (Wildman–Crippen MR) is 68.9 cm³/mol. The van der Waals surface area contributed by atoms with Crippen LogP contribution in [0.4, 0.5) is 0 Å². The van der Waals surface area contributed by atoms with Crippen LogP contribution in [0, 0.1) is 11.3 Å². The van der Waals surface area contributed by atoms with Gasteiger partial charge in [0, 0.05) is 37.2 Å². The van der Waals surface area contributed by atoms with E-state index in [-0.39, 0.29) is 6.04 Å². The van der Waals surface area contributed by atoms with Crippen LogP contribution < -0.4 is 5.32 Å². The van der Waals surface area contributed by atoms with Crippen molar-refractivity contribution in [2.45, 2.75) is 12.5 Å². The summed E-state index contributed by atoms with van der Waals surface area (Å²) in [6.07, 6.45) is 0.490. The minimum Gasteiger partial charge on any atom is -0.314 e. The standard InChI is InChI=1S/C13H16ClN3/c14-12-4-2-1-3-11(12)13(5-6-15)17-9-7-16-8-10-17/h1-4,13,16H,5,7-10H2/t13-/m0/s1. The molecule has 0 unspecified atom stereocenters. The molecule has 1 aromatic carbocycles. The first-order valence-corrected chi connectivity index (χ1v) is 6.27. The predicted octanol–water partition coefficient (Wildman–Crippen LogP) is 2.20. The average Bonchev–Trinajstić information content (AvgIpc) is 2.38.